The predicted octanol–water partition coefficient (Wildman–Crippen LogP) is 15.0. The molecule has 4 atom stereocenters. The molecule has 4 unspecified atom stereocenters. The molecule has 5 aliphatic rings. The first-order valence-corrected chi connectivity index (χ1v) is 22.6. The molecule has 304 valence electrons. The average Bonchev–Trinajstić information content (AvgIpc) is 3.77. The number of halogens is 2. The van der Waals surface area contributed by atoms with E-state index in [1.165, 1.54) is 49.8 Å². The Morgan fingerprint density at radius 1 is 0.426 bits per heavy atom. The van der Waals surface area contributed by atoms with Crippen LogP contribution in [0.1, 0.15) is 112 Å². The summed E-state index contributed by atoms with van der Waals surface area (Å²) in [4.78, 5) is 5.21. The molecule has 0 bridgehead atoms. The normalized spacial score (nSPS) is 26.7. The maximum absolute atomic E-state index is 15.3. The van der Waals surface area contributed by atoms with Crippen molar-refractivity contribution in [2.45, 2.75) is 106 Å². The second-order valence-corrected chi connectivity index (χ2v) is 19.7. The Hall–Kier alpha value is -5.74. The summed E-state index contributed by atoms with van der Waals surface area (Å²) in [5.74, 6) is -0.331. The SMILES string of the molecule is CC12CCCCC1(C)N(c1ccc3c(c1)C(c1ccccc1)(c1ccccc1)c1cc(N4c5ccc(F)cc5C5(C)CCCCC45C)c4ccccc4c1-3)c1ccc(F)cc12. The molecule has 0 amide bonds. The lowest BCUT2D eigenvalue weighted by molar-refractivity contribution is 0.194. The van der Waals surface area contributed by atoms with Crippen LogP contribution in [-0.2, 0) is 16.2 Å². The molecule has 7 aromatic rings. The number of hydrogen-bond donors (Lipinski definition) is 0. The van der Waals surface area contributed by atoms with Crippen LogP contribution in [-0.4, -0.2) is 11.1 Å². The summed E-state index contributed by atoms with van der Waals surface area (Å²) in [7, 11) is 0. The van der Waals surface area contributed by atoms with Gasteiger partial charge in [-0.3, -0.25) is 0 Å². The second kappa shape index (κ2) is 12.7. The fraction of sp³-hybridized carbons (Fsp3) is 0.298. The monoisotopic (exact) mass is 802 g/mol. The van der Waals surface area contributed by atoms with Gasteiger partial charge in [0.05, 0.1) is 16.5 Å². The molecule has 0 aromatic heterocycles. The third-order valence-electron chi connectivity index (χ3n) is 17.1. The van der Waals surface area contributed by atoms with Gasteiger partial charge in [0.2, 0.25) is 0 Å². The minimum absolute atomic E-state index is 0.165. The molecule has 0 spiro atoms. The van der Waals surface area contributed by atoms with Crippen molar-refractivity contribution in [2.24, 2.45) is 0 Å². The van der Waals surface area contributed by atoms with Gasteiger partial charge in [0, 0.05) is 39.0 Å². The summed E-state index contributed by atoms with van der Waals surface area (Å²) in [6.07, 6.45) is 8.68. The fourth-order valence-electron chi connectivity index (χ4n) is 13.8. The van der Waals surface area contributed by atoms with E-state index in [4.69, 9.17) is 0 Å². The Morgan fingerprint density at radius 2 is 0.934 bits per heavy atom. The summed E-state index contributed by atoms with van der Waals surface area (Å²) >= 11 is 0. The Kier molecular flexibility index (Phi) is 7.69. The van der Waals surface area contributed by atoms with Gasteiger partial charge in [-0.25, -0.2) is 8.78 Å². The standard InChI is InChI=1S/C57H52F2N2/c1-53-29-13-15-31-55(53,3)60(49-27-23-39(58)33-46(49)53)41-25-26-44-45(35-41)57(37-17-7-5-8-18-37,38-19-9-6-10-20-38)48-36-51(42-21-11-12-22-43(42)52(44)48)61-50-28-24-40(59)34-47(50)54(2)30-14-16-32-56(54,61)4/h5-12,17-28,33-36H,13-16,29-32H2,1-4H3. The van der Waals surface area contributed by atoms with Crippen LogP contribution < -0.4 is 9.80 Å². The number of anilines is 4. The van der Waals surface area contributed by atoms with Crippen LogP contribution in [0.2, 0.25) is 0 Å². The summed E-state index contributed by atoms with van der Waals surface area (Å²) < 4.78 is 30.6. The summed E-state index contributed by atoms with van der Waals surface area (Å²) in [6.45, 7) is 9.63. The maximum atomic E-state index is 15.3. The number of nitrogens with zero attached hydrogens (tertiary/aromatic N) is 2. The highest BCUT2D eigenvalue weighted by Crippen LogP contribution is 2.66. The van der Waals surface area contributed by atoms with E-state index in [2.05, 4.69) is 147 Å². The van der Waals surface area contributed by atoms with E-state index >= 15 is 8.78 Å². The van der Waals surface area contributed by atoms with E-state index in [1.54, 1.807) is 12.1 Å². The molecule has 61 heavy (non-hydrogen) atoms. The quantitative estimate of drug-likeness (QED) is 0.175. The molecule has 0 radical (unpaired) electrons. The first-order chi connectivity index (χ1) is 29.5. The van der Waals surface area contributed by atoms with Gasteiger partial charge in [-0.1, -0.05) is 131 Å². The van der Waals surface area contributed by atoms with Crippen molar-refractivity contribution in [2.75, 3.05) is 9.80 Å². The summed E-state index contributed by atoms with van der Waals surface area (Å²) in [5, 5.41) is 2.43. The molecule has 12 rings (SSSR count). The minimum atomic E-state index is -0.674. The smallest absolute Gasteiger partial charge is 0.123 e. The van der Waals surface area contributed by atoms with Crippen molar-refractivity contribution < 1.29 is 8.78 Å². The third kappa shape index (κ3) is 4.56. The van der Waals surface area contributed by atoms with E-state index in [1.807, 2.05) is 24.3 Å². The summed E-state index contributed by atoms with van der Waals surface area (Å²) in [5.41, 5.74) is 12.7. The number of benzene rings is 7. The zero-order valence-electron chi connectivity index (χ0n) is 35.7. The van der Waals surface area contributed by atoms with Gasteiger partial charge in [-0.15, -0.1) is 0 Å². The first kappa shape index (κ1) is 37.1. The van der Waals surface area contributed by atoms with Gasteiger partial charge < -0.3 is 9.80 Å². The van der Waals surface area contributed by atoms with Gasteiger partial charge >= 0.3 is 0 Å². The van der Waals surface area contributed by atoms with Gasteiger partial charge in [0.1, 0.15) is 11.6 Å². The average molecular weight is 803 g/mol. The lowest BCUT2D eigenvalue weighted by atomic mass is 9.61. The van der Waals surface area contributed by atoms with Crippen LogP contribution in [0.4, 0.5) is 31.5 Å². The highest BCUT2D eigenvalue weighted by atomic mass is 19.1. The molecular weight excluding hydrogens is 751 g/mol. The zero-order chi connectivity index (χ0) is 41.5. The van der Waals surface area contributed by atoms with Crippen molar-refractivity contribution in [1.82, 2.24) is 0 Å². The first-order valence-electron chi connectivity index (χ1n) is 22.6. The highest BCUT2D eigenvalue weighted by molar-refractivity contribution is 6.11. The lowest BCUT2D eigenvalue weighted by Crippen LogP contribution is -2.54. The Balaban J connectivity index is 1.18. The van der Waals surface area contributed by atoms with Gasteiger partial charge in [-0.05, 0) is 144 Å². The van der Waals surface area contributed by atoms with Crippen LogP contribution >= 0.6 is 0 Å². The van der Waals surface area contributed by atoms with Crippen LogP contribution in [0.5, 0.6) is 0 Å². The van der Waals surface area contributed by atoms with Crippen LogP contribution in [0, 0.1) is 11.6 Å². The maximum Gasteiger partial charge on any atom is 0.123 e. The van der Waals surface area contributed by atoms with Crippen molar-refractivity contribution in [3.63, 3.8) is 0 Å². The molecule has 7 aromatic carbocycles. The molecule has 2 nitrogen and oxygen atoms in total. The van der Waals surface area contributed by atoms with Crippen LogP contribution in [0.15, 0.2) is 146 Å². The van der Waals surface area contributed by atoms with E-state index in [9.17, 15) is 0 Å². The predicted molar refractivity (Wildman–Crippen MR) is 247 cm³/mol. The second-order valence-electron chi connectivity index (χ2n) is 19.7. The van der Waals surface area contributed by atoms with Crippen LogP contribution in [0.25, 0.3) is 21.9 Å². The Morgan fingerprint density at radius 3 is 1.52 bits per heavy atom. The molecule has 2 heterocycles. The van der Waals surface area contributed by atoms with Gasteiger partial charge in [-0.2, -0.15) is 0 Å². The number of rotatable bonds is 4. The summed E-state index contributed by atoms with van der Waals surface area (Å²) in [6, 6.07) is 52.0. The van der Waals surface area contributed by atoms with E-state index in [-0.39, 0.29) is 33.5 Å². The molecule has 3 aliphatic carbocycles. The topological polar surface area (TPSA) is 6.48 Å². The molecular formula is C57H52F2N2. The fourth-order valence-corrected chi connectivity index (χ4v) is 13.8. The minimum Gasteiger partial charge on any atom is -0.334 e. The lowest BCUT2D eigenvalue weighted by Gasteiger charge is -2.50. The Labute approximate surface area is 358 Å². The van der Waals surface area contributed by atoms with E-state index in [0.717, 1.165) is 79.6 Å². The molecule has 0 N–H and O–H groups in total. The van der Waals surface area contributed by atoms with E-state index in [0.29, 0.717) is 0 Å². The number of fused-ring (bicyclic) bond motifs is 11. The molecule has 4 heteroatoms. The van der Waals surface area contributed by atoms with E-state index < -0.39 is 5.41 Å². The Bertz CT molecular complexity index is 2900. The highest BCUT2D eigenvalue weighted by Gasteiger charge is 2.60. The molecule has 2 saturated carbocycles. The van der Waals surface area contributed by atoms with Crippen molar-refractivity contribution in [1.29, 1.82) is 0 Å². The zero-order valence-corrected chi connectivity index (χ0v) is 35.7. The molecule has 0 saturated heterocycles. The van der Waals surface area contributed by atoms with Crippen molar-refractivity contribution >= 4 is 33.5 Å². The third-order valence-corrected chi connectivity index (χ3v) is 17.1. The number of hydrogen-bond acceptors (Lipinski definition) is 2. The van der Waals surface area contributed by atoms with Crippen molar-refractivity contribution in [3.05, 3.63) is 191 Å². The van der Waals surface area contributed by atoms with Crippen molar-refractivity contribution in [3.8, 4) is 11.1 Å². The van der Waals surface area contributed by atoms with Gasteiger partial charge in [0.15, 0.2) is 0 Å². The van der Waals surface area contributed by atoms with Gasteiger partial charge in [0.25, 0.3) is 0 Å². The molecule has 2 fully saturated rings. The molecule has 2 aliphatic heterocycles. The largest absolute Gasteiger partial charge is 0.334 e. The van der Waals surface area contributed by atoms with Crippen LogP contribution in [0.3, 0.4) is 0 Å².